The molecular weight excluding hydrogens is 356 g/mol. The molecule has 3 rings (SSSR count). The molecule has 1 aliphatic heterocycles. The molecule has 2 aromatic carbocycles. The van der Waals surface area contributed by atoms with Crippen LogP contribution in [0.3, 0.4) is 0 Å². The molecule has 2 amide bonds. The fourth-order valence-electron chi connectivity index (χ4n) is 3.07. The number of rotatable bonds is 8. The molecule has 6 heteroatoms. The highest BCUT2D eigenvalue weighted by atomic mass is 16.5. The Balaban J connectivity index is 2.01. The average molecular weight is 380 g/mol. The molecule has 1 aliphatic rings. The number of imide groups is 1. The van der Waals surface area contributed by atoms with Gasteiger partial charge < -0.3 is 14.8 Å². The summed E-state index contributed by atoms with van der Waals surface area (Å²) in [5.74, 6) is 0.661. The van der Waals surface area contributed by atoms with E-state index >= 15 is 0 Å². The van der Waals surface area contributed by atoms with Crippen molar-refractivity contribution < 1.29 is 19.1 Å². The summed E-state index contributed by atoms with van der Waals surface area (Å²) in [4.78, 5) is 27.0. The summed E-state index contributed by atoms with van der Waals surface area (Å²) >= 11 is 0. The number of nitrogens with zero attached hydrogens (tertiary/aromatic N) is 1. The molecule has 0 saturated heterocycles. The lowest BCUT2D eigenvalue weighted by Gasteiger charge is -2.13. The molecule has 6 nitrogen and oxygen atoms in total. The Morgan fingerprint density at radius 3 is 2.32 bits per heavy atom. The number of nitrogens with one attached hydrogen (secondary N) is 1. The van der Waals surface area contributed by atoms with E-state index in [2.05, 4.69) is 5.32 Å². The van der Waals surface area contributed by atoms with Crippen LogP contribution in [-0.4, -0.2) is 37.0 Å². The first-order chi connectivity index (χ1) is 13.6. The van der Waals surface area contributed by atoms with Crippen molar-refractivity contribution in [2.45, 2.75) is 20.3 Å². The van der Waals surface area contributed by atoms with Gasteiger partial charge in [0.05, 0.1) is 25.0 Å². The zero-order chi connectivity index (χ0) is 20.1. The quantitative estimate of drug-likeness (QED) is 0.708. The molecule has 0 aliphatic carbocycles. The summed E-state index contributed by atoms with van der Waals surface area (Å²) in [5.41, 5.74) is 1.88. The second kappa shape index (κ2) is 8.61. The number of methoxy groups -OCH3 is 1. The lowest BCUT2D eigenvalue weighted by Crippen LogP contribution is -2.32. The number of hydrogen-bond acceptors (Lipinski definition) is 5. The van der Waals surface area contributed by atoms with E-state index in [4.69, 9.17) is 9.47 Å². The lowest BCUT2D eigenvalue weighted by atomic mass is 10.0. The molecule has 0 bridgehead atoms. The molecule has 28 heavy (non-hydrogen) atoms. The Hall–Kier alpha value is -3.28. The van der Waals surface area contributed by atoms with Crippen molar-refractivity contribution in [3.63, 3.8) is 0 Å². The molecule has 0 aromatic heterocycles. The van der Waals surface area contributed by atoms with E-state index in [0.29, 0.717) is 35.7 Å². The fraction of sp³-hybridized carbons (Fsp3) is 0.273. The predicted molar refractivity (Wildman–Crippen MR) is 108 cm³/mol. The van der Waals surface area contributed by atoms with E-state index in [1.54, 1.807) is 38.3 Å². The zero-order valence-corrected chi connectivity index (χ0v) is 16.3. The highest BCUT2D eigenvalue weighted by Crippen LogP contribution is 2.33. The molecule has 1 heterocycles. The summed E-state index contributed by atoms with van der Waals surface area (Å²) in [5, 5.41) is 3.11. The maximum absolute atomic E-state index is 12.9. The van der Waals surface area contributed by atoms with Crippen molar-refractivity contribution in [3.8, 4) is 11.5 Å². The van der Waals surface area contributed by atoms with Crippen molar-refractivity contribution in [1.29, 1.82) is 0 Å². The maximum atomic E-state index is 12.9. The maximum Gasteiger partial charge on any atom is 0.278 e. The highest BCUT2D eigenvalue weighted by molar-refractivity contribution is 6.36. The normalized spacial score (nSPS) is 13.9. The van der Waals surface area contributed by atoms with Crippen LogP contribution in [0.15, 0.2) is 54.2 Å². The first-order valence-electron chi connectivity index (χ1n) is 9.34. The van der Waals surface area contributed by atoms with Crippen molar-refractivity contribution in [3.05, 3.63) is 59.8 Å². The van der Waals surface area contributed by atoms with Gasteiger partial charge in [0.2, 0.25) is 0 Å². The number of carbonyl (C=O) groups excluding carboxylic acids is 2. The van der Waals surface area contributed by atoms with E-state index in [1.165, 1.54) is 4.90 Å². The molecule has 0 radical (unpaired) electrons. The molecule has 0 fully saturated rings. The van der Waals surface area contributed by atoms with Crippen LogP contribution in [0.2, 0.25) is 0 Å². The van der Waals surface area contributed by atoms with Crippen molar-refractivity contribution >= 4 is 23.1 Å². The van der Waals surface area contributed by atoms with E-state index in [9.17, 15) is 9.59 Å². The molecule has 0 spiro atoms. The minimum Gasteiger partial charge on any atom is -0.495 e. The first-order valence-corrected chi connectivity index (χ1v) is 9.34. The van der Waals surface area contributed by atoms with Crippen LogP contribution in [0.5, 0.6) is 11.5 Å². The van der Waals surface area contributed by atoms with Gasteiger partial charge in [0, 0.05) is 6.54 Å². The topological polar surface area (TPSA) is 67.9 Å². The molecular formula is C22H24N2O4. The summed E-state index contributed by atoms with van der Waals surface area (Å²) in [7, 11) is 1.56. The van der Waals surface area contributed by atoms with Crippen LogP contribution >= 0.6 is 0 Å². The van der Waals surface area contributed by atoms with Crippen LogP contribution in [0.25, 0.3) is 5.57 Å². The summed E-state index contributed by atoms with van der Waals surface area (Å²) in [6, 6.07) is 14.5. The second-order valence-corrected chi connectivity index (χ2v) is 6.30. The lowest BCUT2D eigenvalue weighted by molar-refractivity contribution is -0.136. The minimum atomic E-state index is -0.347. The fourth-order valence-corrected chi connectivity index (χ4v) is 3.07. The zero-order valence-electron chi connectivity index (χ0n) is 16.3. The van der Waals surface area contributed by atoms with Crippen LogP contribution in [0.1, 0.15) is 25.8 Å². The number of likely N-dealkylation sites (N-methyl/N-ethyl adjacent to an activating group) is 1. The largest absolute Gasteiger partial charge is 0.495 e. The SMILES string of the molecule is CCCOc1ccc(C2=C(Nc3ccccc3OC)C(=O)N(CC)C2=O)cc1. The van der Waals surface area contributed by atoms with Crippen molar-refractivity contribution in [2.75, 3.05) is 25.6 Å². The van der Waals surface area contributed by atoms with Gasteiger partial charge in [-0.3, -0.25) is 14.5 Å². The Kier molecular flexibility index (Phi) is 5.99. The number of para-hydroxylation sites is 2. The van der Waals surface area contributed by atoms with Gasteiger partial charge in [-0.05, 0) is 43.2 Å². The highest BCUT2D eigenvalue weighted by Gasteiger charge is 2.38. The minimum absolute atomic E-state index is 0.249. The van der Waals surface area contributed by atoms with Crippen molar-refractivity contribution in [2.24, 2.45) is 0 Å². The Labute approximate surface area is 164 Å². The van der Waals surface area contributed by atoms with Crippen molar-refractivity contribution in [1.82, 2.24) is 4.90 Å². The van der Waals surface area contributed by atoms with Crippen LogP contribution in [0, 0.1) is 0 Å². The first kappa shape index (κ1) is 19.5. The number of benzene rings is 2. The Morgan fingerprint density at radius 1 is 0.964 bits per heavy atom. The predicted octanol–water partition coefficient (Wildman–Crippen LogP) is 3.70. The molecule has 1 N–H and O–H groups in total. The van der Waals surface area contributed by atoms with Gasteiger partial charge in [0.1, 0.15) is 17.2 Å². The van der Waals surface area contributed by atoms with Gasteiger partial charge in [-0.25, -0.2) is 0 Å². The standard InChI is InChI=1S/C22H24N2O4/c1-4-14-28-16-12-10-15(11-13-16)19-20(22(26)24(5-2)21(19)25)23-17-8-6-7-9-18(17)27-3/h6-13,23H,4-5,14H2,1-3H3. The van der Waals surface area contributed by atoms with E-state index < -0.39 is 0 Å². The number of hydrogen-bond donors (Lipinski definition) is 1. The smallest absolute Gasteiger partial charge is 0.278 e. The van der Waals surface area contributed by atoms with Crippen LogP contribution in [0.4, 0.5) is 5.69 Å². The van der Waals surface area contributed by atoms with Crippen LogP contribution in [-0.2, 0) is 9.59 Å². The van der Waals surface area contributed by atoms with E-state index in [0.717, 1.165) is 12.2 Å². The third kappa shape index (κ3) is 3.71. The van der Waals surface area contributed by atoms with Gasteiger partial charge in [-0.15, -0.1) is 0 Å². The molecule has 0 saturated carbocycles. The molecule has 0 unspecified atom stereocenters. The van der Waals surface area contributed by atoms with Crippen LogP contribution < -0.4 is 14.8 Å². The molecule has 2 aromatic rings. The summed E-state index contributed by atoms with van der Waals surface area (Å²) in [6.45, 7) is 4.75. The van der Waals surface area contributed by atoms with Gasteiger partial charge in [0.15, 0.2) is 0 Å². The Bertz CT molecular complexity index is 903. The Morgan fingerprint density at radius 2 is 1.68 bits per heavy atom. The molecule has 0 atom stereocenters. The summed E-state index contributed by atoms with van der Waals surface area (Å²) in [6.07, 6.45) is 0.915. The average Bonchev–Trinajstić information content (AvgIpc) is 2.96. The molecule has 146 valence electrons. The number of ether oxygens (including phenoxy) is 2. The summed E-state index contributed by atoms with van der Waals surface area (Å²) < 4.78 is 11.0. The van der Waals surface area contributed by atoms with Gasteiger partial charge in [-0.1, -0.05) is 31.2 Å². The van der Waals surface area contributed by atoms with Gasteiger partial charge in [-0.2, -0.15) is 0 Å². The third-order valence-electron chi connectivity index (χ3n) is 4.47. The number of amides is 2. The number of carbonyl (C=O) groups is 2. The van der Waals surface area contributed by atoms with E-state index in [1.807, 2.05) is 31.2 Å². The second-order valence-electron chi connectivity index (χ2n) is 6.30. The van der Waals surface area contributed by atoms with E-state index in [-0.39, 0.29) is 17.5 Å². The van der Waals surface area contributed by atoms with Gasteiger partial charge >= 0.3 is 0 Å². The number of anilines is 1. The van der Waals surface area contributed by atoms with Gasteiger partial charge in [0.25, 0.3) is 11.8 Å². The monoisotopic (exact) mass is 380 g/mol. The third-order valence-corrected chi connectivity index (χ3v) is 4.47.